The van der Waals surface area contributed by atoms with Gasteiger partial charge in [-0.15, -0.1) is 0 Å². The summed E-state index contributed by atoms with van der Waals surface area (Å²) in [5.74, 6) is 0.928. The highest BCUT2D eigenvalue weighted by Gasteiger charge is 2.19. The predicted molar refractivity (Wildman–Crippen MR) is 110 cm³/mol. The Hall–Kier alpha value is -3.38. The number of carbonyl (C=O) groups excluding carboxylic acids is 1. The molecule has 0 spiro atoms. The van der Waals surface area contributed by atoms with Crippen molar-refractivity contribution in [1.29, 1.82) is 0 Å². The number of benzene rings is 2. The SMILES string of the molecule is NC1CCN(c2ccc(NC(=O)c3ccc(Oc4ccccc4)nc3)cc2)C1. The van der Waals surface area contributed by atoms with Gasteiger partial charge in [-0.1, -0.05) is 18.2 Å². The van der Waals surface area contributed by atoms with E-state index in [4.69, 9.17) is 10.5 Å². The highest BCUT2D eigenvalue weighted by atomic mass is 16.5. The van der Waals surface area contributed by atoms with Crippen LogP contribution >= 0.6 is 0 Å². The number of nitrogens with one attached hydrogen (secondary N) is 1. The van der Waals surface area contributed by atoms with Gasteiger partial charge in [0.1, 0.15) is 5.75 Å². The van der Waals surface area contributed by atoms with Crippen LogP contribution in [0.3, 0.4) is 0 Å². The fourth-order valence-corrected chi connectivity index (χ4v) is 3.16. The van der Waals surface area contributed by atoms with E-state index in [9.17, 15) is 4.79 Å². The molecule has 142 valence electrons. The molecule has 1 amide bonds. The second-order valence-electron chi connectivity index (χ2n) is 6.80. The maximum atomic E-state index is 12.4. The van der Waals surface area contributed by atoms with E-state index in [-0.39, 0.29) is 11.9 Å². The second kappa shape index (κ2) is 8.10. The fraction of sp³-hybridized carbons (Fsp3) is 0.182. The minimum absolute atomic E-state index is 0.213. The van der Waals surface area contributed by atoms with Gasteiger partial charge < -0.3 is 20.7 Å². The molecule has 3 aromatic rings. The standard InChI is InChI=1S/C22H22N4O2/c23-17-12-13-26(15-17)19-9-7-18(8-10-19)25-22(27)16-6-11-21(24-14-16)28-20-4-2-1-3-5-20/h1-11,14,17H,12-13,15,23H2,(H,25,27). The van der Waals surface area contributed by atoms with Crippen LogP contribution in [0.4, 0.5) is 11.4 Å². The monoisotopic (exact) mass is 374 g/mol. The molecule has 2 heterocycles. The molecule has 2 aromatic carbocycles. The Bertz CT molecular complexity index is 927. The largest absolute Gasteiger partial charge is 0.439 e. The summed E-state index contributed by atoms with van der Waals surface area (Å²) in [6.45, 7) is 1.84. The summed E-state index contributed by atoms with van der Waals surface area (Å²) >= 11 is 0. The summed E-state index contributed by atoms with van der Waals surface area (Å²) in [5.41, 5.74) is 8.29. The number of para-hydroxylation sites is 1. The molecule has 0 saturated carbocycles. The van der Waals surface area contributed by atoms with E-state index in [1.807, 2.05) is 54.6 Å². The molecule has 1 aromatic heterocycles. The molecule has 1 fully saturated rings. The van der Waals surface area contributed by atoms with Crippen LogP contribution in [0, 0.1) is 0 Å². The third kappa shape index (κ3) is 4.29. The lowest BCUT2D eigenvalue weighted by Gasteiger charge is -2.18. The molecule has 4 rings (SSSR count). The van der Waals surface area contributed by atoms with Gasteiger partial charge in [0.25, 0.3) is 5.91 Å². The molecule has 0 aliphatic carbocycles. The smallest absolute Gasteiger partial charge is 0.257 e. The molecule has 3 N–H and O–H groups in total. The van der Waals surface area contributed by atoms with Crippen LogP contribution < -0.4 is 20.7 Å². The van der Waals surface area contributed by atoms with Crippen molar-refractivity contribution in [2.75, 3.05) is 23.3 Å². The van der Waals surface area contributed by atoms with Crippen molar-refractivity contribution in [3.63, 3.8) is 0 Å². The van der Waals surface area contributed by atoms with Crippen molar-refractivity contribution >= 4 is 17.3 Å². The van der Waals surface area contributed by atoms with Crippen LogP contribution in [0.5, 0.6) is 11.6 Å². The van der Waals surface area contributed by atoms with Crippen LogP contribution in [-0.4, -0.2) is 30.0 Å². The number of anilines is 2. The van der Waals surface area contributed by atoms with E-state index in [0.29, 0.717) is 17.2 Å². The zero-order chi connectivity index (χ0) is 19.3. The van der Waals surface area contributed by atoms with Gasteiger partial charge in [-0.05, 0) is 48.9 Å². The molecule has 1 aliphatic heterocycles. The number of nitrogens with zero attached hydrogens (tertiary/aromatic N) is 2. The summed E-state index contributed by atoms with van der Waals surface area (Å²) < 4.78 is 5.64. The number of carbonyl (C=O) groups is 1. The average Bonchev–Trinajstić information content (AvgIpc) is 3.16. The number of ether oxygens (including phenoxy) is 1. The van der Waals surface area contributed by atoms with Crippen LogP contribution in [0.15, 0.2) is 72.9 Å². The third-order valence-corrected chi connectivity index (χ3v) is 4.68. The Morgan fingerprint density at radius 3 is 2.50 bits per heavy atom. The Balaban J connectivity index is 1.36. The lowest BCUT2D eigenvalue weighted by Crippen LogP contribution is -2.26. The van der Waals surface area contributed by atoms with E-state index >= 15 is 0 Å². The lowest BCUT2D eigenvalue weighted by molar-refractivity contribution is 0.102. The number of rotatable bonds is 5. The van der Waals surface area contributed by atoms with E-state index in [2.05, 4.69) is 15.2 Å². The number of amides is 1. The van der Waals surface area contributed by atoms with E-state index in [1.54, 1.807) is 12.1 Å². The number of aromatic nitrogens is 1. The van der Waals surface area contributed by atoms with Crippen molar-refractivity contribution in [1.82, 2.24) is 4.98 Å². The normalized spacial score (nSPS) is 16.0. The molecule has 0 bridgehead atoms. The predicted octanol–water partition coefficient (Wildman–Crippen LogP) is 3.66. The highest BCUT2D eigenvalue weighted by Crippen LogP contribution is 2.22. The zero-order valence-electron chi connectivity index (χ0n) is 15.4. The first-order valence-electron chi connectivity index (χ1n) is 9.28. The van der Waals surface area contributed by atoms with Gasteiger partial charge in [-0.3, -0.25) is 4.79 Å². The fourth-order valence-electron chi connectivity index (χ4n) is 3.16. The van der Waals surface area contributed by atoms with Crippen molar-refractivity contribution in [2.45, 2.75) is 12.5 Å². The van der Waals surface area contributed by atoms with Gasteiger partial charge in [0.2, 0.25) is 5.88 Å². The van der Waals surface area contributed by atoms with Crippen molar-refractivity contribution in [3.8, 4) is 11.6 Å². The third-order valence-electron chi connectivity index (χ3n) is 4.68. The Morgan fingerprint density at radius 2 is 1.86 bits per heavy atom. The number of pyridine rings is 1. The van der Waals surface area contributed by atoms with E-state index in [0.717, 1.165) is 30.9 Å². The summed E-state index contributed by atoms with van der Waals surface area (Å²) in [4.78, 5) is 18.9. The number of nitrogens with two attached hydrogens (primary N) is 1. The molecule has 28 heavy (non-hydrogen) atoms. The maximum absolute atomic E-state index is 12.4. The van der Waals surface area contributed by atoms with Crippen molar-refractivity contribution in [3.05, 3.63) is 78.5 Å². The quantitative estimate of drug-likeness (QED) is 0.712. The van der Waals surface area contributed by atoms with Crippen LogP contribution in [0.2, 0.25) is 0 Å². The summed E-state index contributed by atoms with van der Waals surface area (Å²) in [5, 5.41) is 2.89. The molecular formula is C22H22N4O2. The van der Waals surface area contributed by atoms with Crippen molar-refractivity contribution < 1.29 is 9.53 Å². The summed E-state index contributed by atoms with van der Waals surface area (Å²) in [6, 6.07) is 20.8. The zero-order valence-corrected chi connectivity index (χ0v) is 15.4. The number of hydrogen-bond donors (Lipinski definition) is 2. The molecule has 6 nitrogen and oxygen atoms in total. The van der Waals surface area contributed by atoms with Gasteiger partial charge in [0.05, 0.1) is 5.56 Å². The van der Waals surface area contributed by atoms with E-state index < -0.39 is 0 Å². The molecular weight excluding hydrogens is 352 g/mol. The van der Waals surface area contributed by atoms with Gasteiger partial charge in [0.15, 0.2) is 0 Å². The van der Waals surface area contributed by atoms with Gasteiger partial charge >= 0.3 is 0 Å². The summed E-state index contributed by atoms with van der Waals surface area (Å²) in [7, 11) is 0. The lowest BCUT2D eigenvalue weighted by atomic mass is 10.2. The molecule has 0 radical (unpaired) electrons. The van der Waals surface area contributed by atoms with Gasteiger partial charge in [-0.25, -0.2) is 4.98 Å². The first kappa shape index (κ1) is 18.0. The second-order valence-corrected chi connectivity index (χ2v) is 6.80. The van der Waals surface area contributed by atoms with Crippen LogP contribution in [0.1, 0.15) is 16.8 Å². The topological polar surface area (TPSA) is 80.5 Å². The molecule has 1 aliphatic rings. The van der Waals surface area contributed by atoms with Crippen LogP contribution in [-0.2, 0) is 0 Å². The minimum atomic E-state index is -0.213. The van der Waals surface area contributed by atoms with E-state index in [1.165, 1.54) is 6.20 Å². The van der Waals surface area contributed by atoms with Gasteiger partial charge in [0, 0.05) is 42.8 Å². The molecule has 6 heteroatoms. The Morgan fingerprint density at radius 1 is 1.07 bits per heavy atom. The van der Waals surface area contributed by atoms with Gasteiger partial charge in [-0.2, -0.15) is 0 Å². The average molecular weight is 374 g/mol. The minimum Gasteiger partial charge on any atom is -0.439 e. The Kier molecular flexibility index (Phi) is 5.21. The highest BCUT2D eigenvalue weighted by molar-refractivity contribution is 6.04. The number of hydrogen-bond acceptors (Lipinski definition) is 5. The Labute approximate surface area is 164 Å². The molecule has 1 unspecified atom stereocenters. The maximum Gasteiger partial charge on any atom is 0.257 e. The molecule has 1 atom stereocenters. The molecule has 1 saturated heterocycles. The van der Waals surface area contributed by atoms with Crippen molar-refractivity contribution in [2.24, 2.45) is 5.73 Å². The van der Waals surface area contributed by atoms with Crippen LogP contribution in [0.25, 0.3) is 0 Å². The first-order chi connectivity index (χ1) is 13.7. The summed E-state index contributed by atoms with van der Waals surface area (Å²) in [6.07, 6.45) is 2.52. The first-order valence-corrected chi connectivity index (χ1v) is 9.28.